The van der Waals surface area contributed by atoms with Crippen molar-refractivity contribution >= 4 is 40.5 Å². The number of hydrogen-bond donors (Lipinski definition) is 3. The molecule has 0 spiro atoms. The Morgan fingerprint density at radius 2 is 1.36 bits per heavy atom. The van der Waals surface area contributed by atoms with E-state index in [0.29, 0.717) is 18.0 Å². The van der Waals surface area contributed by atoms with Gasteiger partial charge in [0.05, 0.1) is 5.41 Å². The molecule has 33 heavy (non-hydrogen) atoms. The predicted molar refractivity (Wildman–Crippen MR) is 135 cm³/mol. The average Bonchev–Trinajstić information content (AvgIpc) is 2.79. The average molecular weight is 462 g/mol. The molecule has 0 saturated heterocycles. The summed E-state index contributed by atoms with van der Waals surface area (Å²) < 4.78 is 0. The third-order valence-electron chi connectivity index (χ3n) is 7.66. The number of aryl methyl sites for hydroxylation is 1. The molecule has 2 amide bonds. The van der Waals surface area contributed by atoms with Crippen LogP contribution in [0.2, 0.25) is 0 Å². The van der Waals surface area contributed by atoms with Crippen LogP contribution in [0.25, 0.3) is 0 Å². The summed E-state index contributed by atoms with van der Waals surface area (Å²) in [6.45, 7) is 0. The van der Waals surface area contributed by atoms with Crippen molar-refractivity contribution in [1.29, 1.82) is 0 Å². The Bertz CT molecular complexity index is 1000. The number of hydrogen-bond acceptors (Lipinski definition) is 3. The smallest absolute Gasteiger partial charge is 0.232 e. The van der Waals surface area contributed by atoms with Crippen molar-refractivity contribution < 1.29 is 9.59 Å². The van der Waals surface area contributed by atoms with Crippen LogP contribution in [0.3, 0.4) is 0 Å². The molecule has 4 aliphatic carbocycles. The predicted octanol–water partition coefficient (Wildman–Crippen LogP) is 5.29. The van der Waals surface area contributed by atoms with Gasteiger partial charge in [-0.15, -0.1) is 0 Å². The molecule has 4 aliphatic rings. The zero-order valence-corrected chi connectivity index (χ0v) is 19.6. The quantitative estimate of drug-likeness (QED) is 0.512. The number of rotatable bonds is 6. The molecule has 3 N–H and O–H groups in total. The largest absolute Gasteiger partial charge is 0.332 e. The lowest BCUT2D eigenvalue weighted by Crippen LogP contribution is -2.55. The van der Waals surface area contributed by atoms with E-state index in [9.17, 15) is 9.59 Å². The van der Waals surface area contributed by atoms with Crippen LogP contribution < -0.4 is 16.0 Å². The minimum Gasteiger partial charge on any atom is -0.332 e. The van der Waals surface area contributed by atoms with Gasteiger partial charge >= 0.3 is 0 Å². The molecular weight excluding hydrogens is 430 g/mol. The lowest BCUT2D eigenvalue weighted by atomic mass is 9.49. The molecule has 0 unspecified atom stereocenters. The number of carbonyl (C=O) groups excluding carboxylic acids is 2. The SMILES string of the molecule is O=C(CCc1ccccc1)Nc1ccc(NC(=S)NC(=O)C23CC4CC(CC(C4)C2)C3)cc1. The lowest BCUT2D eigenvalue weighted by Gasteiger charge is -2.55. The highest BCUT2D eigenvalue weighted by atomic mass is 32.1. The molecule has 4 fully saturated rings. The van der Waals surface area contributed by atoms with Crippen LogP contribution in [0.4, 0.5) is 11.4 Å². The van der Waals surface area contributed by atoms with E-state index in [2.05, 4.69) is 16.0 Å². The van der Waals surface area contributed by atoms with E-state index < -0.39 is 0 Å². The monoisotopic (exact) mass is 461 g/mol. The number of thiocarbonyl (C=S) groups is 1. The van der Waals surface area contributed by atoms with Crippen molar-refractivity contribution in [3.63, 3.8) is 0 Å². The number of amides is 2. The zero-order chi connectivity index (χ0) is 22.8. The second-order valence-corrected chi connectivity index (χ2v) is 10.6. The van der Waals surface area contributed by atoms with Gasteiger partial charge in [-0.2, -0.15) is 0 Å². The molecule has 0 radical (unpaired) electrons. The fraction of sp³-hybridized carbons (Fsp3) is 0.444. The maximum Gasteiger partial charge on any atom is 0.232 e. The Labute approximate surface area is 200 Å². The minimum atomic E-state index is -0.214. The van der Waals surface area contributed by atoms with Crippen LogP contribution in [0.1, 0.15) is 50.5 Å². The third-order valence-corrected chi connectivity index (χ3v) is 7.86. The van der Waals surface area contributed by atoms with E-state index in [-0.39, 0.29) is 17.2 Å². The van der Waals surface area contributed by atoms with E-state index in [1.807, 2.05) is 54.6 Å². The summed E-state index contributed by atoms with van der Waals surface area (Å²) in [6, 6.07) is 17.4. The summed E-state index contributed by atoms with van der Waals surface area (Å²) in [5.41, 5.74) is 2.46. The lowest BCUT2D eigenvalue weighted by molar-refractivity contribution is -0.144. The first-order valence-corrected chi connectivity index (χ1v) is 12.4. The summed E-state index contributed by atoms with van der Waals surface area (Å²) in [4.78, 5) is 25.4. The molecular formula is C27H31N3O2S. The van der Waals surface area contributed by atoms with Crippen LogP contribution in [0, 0.1) is 23.2 Å². The molecule has 0 aliphatic heterocycles. The molecule has 5 nitrogen and oxygen atoms in total. The Kier molecular flexibility index (Phi) is 6.19. The van der Waals surface area contributed by atoms with Gasteiger partial charge in [-0.1, -0.05) is 30.3 Å². The Morgan fingerprint density at radius 1 is 0.818 bits per heavy atom. The van der Waals surface area contributed by atoms with Gasteiger partial charge in [-0.3, -0.25) is 9.59 Å². The minimum absolute atomic E-state index is 0.0158. The Hall–Kier alpha value is -2.73. The van der Waals surface area contributed by atoms with Crippen molar-refractivity contribution in [2.45, 2.75) is 51.4 Å². The second kappa shape index (κ2) is 9.26. The molecule has 6 heteroatoms. The fourth-order valence-corrected chi connectivity index (χ4v) is 6.76. The van der Waals surface area contributed by atoms with Gasteiger partial charge in [0.1, 0.15) is 0 Å². The van der Waals surface area contributed by atoms with E-state index in [0.717, 1.165) is 54.0 Å². The molecule has 0 atom stereocenters. The highest BCUT2D eigenvalue weighted by Gasteiger charge is 2.54. The van der Waals surface area contributed by atoms with Crippen molar-refractivity contribution in [1.82, 2.24) is 5.32 Å². The highest BCUT2D eigenvalue weighted by Crippen LogP contribution is 2.60. The molecule has 0 heterocycles. The number of nitrogens with one attached hydrogen (secondary N) is 3. The second-order valence-electron chi connectivity index (χ2n) is 10.2. The summed E-state index contributed by atoms with van der Waals surface area (Å²) in [5.74, 6) is 2.25. The highest BCUT2D eigenvalue weighted by molar-refractivity contribution is 7.80. The Balaban J connectivity index is 1.10. The maximum absolute atomic E-state index is 13.2. The van der Waals surface area contributed by atoms with Crippen LogP contribution in [-0.2, 0) is 16.0 Å². The number of benzene rings is 2. The molecule has 172 valence electrons. The first-order chi connectivity index (χ1) is 16.0. The van der Waals surface area contributed by atoms with E-state index in [1.165, 1.54) is 19.3 Å². The molecule has 4 bridgehead atoms. The van der Waals surface area contributed by atoms with Gasteiger partial charge in [0, 0.05) is 17.8 Å². The van der Waals surface area contributed by atoms with E-state index in [4.69, 9.17) is 12.2 Å². The van der Waals surface area contributed by atoms with Gasteiger partial charge in [0.15, 0.2) is 5.11 Å². The van der Waals surface area contributed by atoms with Gasteiger partial charge in [0.2, 0.25) is 11.8 Å². The summed E-state index contributed by atoms with van der Waals surface area (Å²) >= 11 is 5.44. The van der Waals surface area contributed by atoms with Crippen LogP contribution >= 0.6 is 12.2 Å². The molecule has 4 saturated carbocycles. The first kappa shape index (κ1) is 22.1. The molecule has 2 aromatic rings. The number of anilines is 2. The topological polar surface area (TPSA) is 70.2 Å². The zero-order valence-electron chi connectivity index (χ0n) is 18.8. The van der Waals surface area contributed by atoms with Gasteiger partial charge < -0.3 is 16.0 Å². The van der Waals surface area contributed by atoms with Crippen LogP contribution in [0.5, 0.6) is 0 Å². The normalized spacial score (nSPS) is 27.1. The van der Waals surface area contributed by atoms with Crippen LogP contribution in [-0.4, -0.2) is 16.9 Å². The Morgan fingerprint density at radius 3 is 1.94 bits per heavy atom. The summed E-state index contributed by atoms with van der Waals surface area (Å²) in [7, 11) is 0. The summed E-state index contributed by atoms with van der Waals surface area (Å²) in [5, 5.41) is 9.37. The van der Waals surface area contributed by atoms with Crippen LogP contribution in [0.15, 0.2) is 54.6 Å². The molecule has 0 aromatic heterocycles. The first-order valence-electron chi connectivity index (χ1n) is 12.0. The standard InChI is InChI=1S/C27H31N3O2S/c31-24(11-6-18-4-2-1-3-5-18)28-22-7-9-23(10-8-22)29-26(33)30-25(32)27-15-19-12-20(16-27)14-21(13-19)17-27/h1-5,7-10,19-21H,6,11-17H2,(H,28,31)(H2,29,30,32,33). The van der Waals surface area contributed by atoms with E-state index >= 15 is 0 Å². The van der Waals surface area contributed by atoms with Gasteiger partial charge in [-0.25, -0.2) is 0 Å². The molecule has 2 aromatic carbocycles. The van der Waals surface area contributed by atoms with Crippen molar-refractivity contribution in [3.8, 4) is 0 Å². The van der Waals surface area contributed by atoms with Crippen molar-refractivity contribution in [2.24, 2.45) is 23.2 Å². The van der Waals surface area contributed by atoms with Gasteiger partial charge in [-0.05, 0) is 105 Å². The van der Waals surface area contributed by atoms with E-state index in [1.54, 1.807) is 0 Å². The number of carbonyl (C=O) groups is 2. The molecule has 6 rings (SSSR count). The van der Waals surface area contributed by atoms with Crippen molar-refractivity contribution in [3.05, 3.63) is 60.2 Å². The summed E-state index contributed by atoms with van der Waals surface area (Å²) in [6.07, 6.45) is 8.14. The third kappa shape index (κ3) is 5.11. The maximum atomic E-state index is 13.2. The fourth-order valence-electron chi connectivity index (χ4n) is 6.55. The van der Waals surface area contributed by atoms with Crippen molar-refractivity contribution in [2.75, 3.05) is 10.6 Å². The van der Waals surface area contributed by atoms with Gasteiger partial charge in [0.25, 0.3) is 0 Å².